The zero-order valence-corrected chi connectivity index (χ0v) is 19.2. The largest absolute Gasteiger partial charge is 0.493 e. The maximum atomic E-state index is 5.95. The van der Waals surface area contributed by atoms with Gasteiger partial charge in [0.1, 0.15) is 6.61 Å². The molecule has 0 aliphatic heterocycles. The van der Waals surface area contributed by atoms with E-state index >= 15 is 0 Å². The molecule has 33 heavy (non-hydrogen) atoms. The van der Waals surface area contributed by atoms with E-state index in [1.165, 1.54) is 0 Å². The number of aromatic nitrogens is 1. The molecule has 0 aliphatic rings. The van der Waals surface area contributed by atoms with Crippen LogP contribution in [-0.4, -0.2) is 29.6 Å². The Bertz CT molecular complexity index is 1240. The number of ether oxygens (including phenoxy) is 2. The van der Waals surface area contributed by atoms with E-state index in [-0.39, 0.29) is 0 Å². The van der Waals surface area contributed by atoms with E-state index in [0.717, 1.165) is 33.5 Å². The summed E-state index contributed by atoms with van der Waals surface area (Å²) in [5.74, 6) is 1.46. The van der Waals surface area contributed by atoms with Gasteiger partial charge in [0.25, 0.3) is 0 Å². The third kappa shape index (κ3) is 5.90. The Morgan fingerprint density at radius 2 is 1.70 bits per heavy atom. The number of methoxy groups -OCH3 is 1. The minimum absolute atomic E-state index is 0.476. The lowest BCUT2D eigenvalue weighted by molar-refractivity contribution is 0.281. The van der Waals surface area contributed by atoms with Crippen LogP contribution in [0.5, 0.6) is 11.5 Å². The zero-order chi connectivity index (χ0) is 22.9. The summed E-state index contributed by atoms with van der Waals surface area (Å²) in [6.07, 6.45) is 3.86. The number of benzene rings is 3. The van der Waals surface area contributed by atoms with E-state index in [2.05, 4.69) is 38.7 Å². The lowest BCUT2D eigenvalue weighted by Gasteiger charge is -2.11. The van der Waals surface area contributed by atoms with Gasteiger partial charge in [-0.2, -0.15) is 5.10 Å². The molecule has 0 fully saturated rings. The van der Waals surface area contributed by atoms with Crippen LogP contribution in [0, 0.1) is 0 Å². The van der Waals surface area contributed by atoms with Gasteiger partial charge in [-0.05, 0) is 36.0 Å². The molecular weight excluding hydrogens is 432 g/mol. The molecule has 2 N–H and O–H groups in total. The molecule has 168 valence electrons. The van der Waals surface area contributed by atoms with E-state index in [1.807, 2.05) is 66.7 Å². The minimum Gasteiger partial charge on any atom is -0.493 e. The van der Waals surface area contributed by atoms with Crippen molar-refractivity contribution in [1.29, 1.82) is 0 Å². The fourth-order valence-corrected chi connectivity index (χ4v) is 3.66. The second kappa shape index (κ2) is 11.2. The Labute approximate surface area is 198 Å². The first kappa shape index (κ1) is 22.4. The maximum absolute atomic E-state index is 5.95. The molecule has 0 saturated carbocycles. The lowest BCUT2D eigenvalue weighted by atomic mass is 10.2. The molecule has 0 atom stereocenters. The summed E-state index contributed by atoms with van der Waals surface area (Å²) in [7, 11) is 1.64. The number of thiocarbonyl (C=S) groups is 1. The van der Waals surface area contributed by atoms with Crippen molar-refractivity contribution < 1.29 is 9.47 Å². The third-order valence-electron chi connectivity index (χ3n) is 5.14. The number of fused-ring (bicyclic) bond motifs is 1. The van der Waals surface area contributed by atoms with Crippen LogP contribution < -0.4 is 20.2 Å². The highest BCUT2D eigenvalue weighted by molar-refractivity contribution is 7.80. The van der Waals surface area contributed by atoms with Crippen LogP contribution in [0.2, 0.25) is 0 Å². The van der Waals surface area contributed by atoms with Crippen molar-refractivity contribution >= 4 is 34.4 Å². The summed E-state index contributed by atoms with van der Waals surface area (Å²) in [4.78, 5) is 0. The Morgan fingerprint density at radius 1 is 0.970 bits per heavy atom. The first-order chi connectivity index (χ1) is 16.2. The highest BCUT2D eigenvalue weighted by Gasteiger charge is 2.08. The van der Waals surface area contributed by atoms with Gasteiger partial charge in [-0.3, -0.25) is 5.43 Å². The molecule has 3 aromatic carbocycles. The number of hydrogen-bond donors (Lipinski definition) is 2. The molecule has 0 amide bonds. The second-order valence-corrected chi connectivity index (χ2v) is 7.74. The SMILES string of the molecule is COc1ccccc1OCCn1cc(/C=N/NC(=S)NCc2ccccc2)c2ccccc21. The maximum Gasteiger partial charge on any atom is 0.187 e. The molecule has 1 heterocycles. The van der Waals surface area contributed by atoms with Crippen molar-refractivity contribution in [3.63, 3.8) is 0 Å². The van der Waals surface area contributed by atoms with Crippen molar-refractivity contribution in [2.24, 2.45) is 5.10 Å². The monoisotopic (exact) mass is 458 g/mol. The summed E-state index contributed by atoms with van der Waals surface area (Å²) in [5.41, 5.74) is 6.17. The van der Waals surface area contributed by atoms with Gasteiger partial charge in [-0.1, -0.05) is 60.7 Å². The van der Waals surface area contributed by atoms with E-state index in [0.29, 0.717) is 24.8 Å². The second-order valence-electron chi connectivity index (χ2n) is 7.33. The quantitative estimate of drug-likeness (QED) is 0.216. The predicted molar refractivity (Wildman–Crippen MR) is 137 cm³/mol. The molecule has 0 aliphatic carbocycles. The number of nitrogens with zero attached hydrogens (tertiary/aromatic N) is 2. The predicted octanol–water partition coefficient (Wildman–Crippen LogP) is 4.73. The van der Waals surface area contributed by atoms with Crippen LogP contribution in [0.4, 0.5) is 0 Å². The highest BCUT2D eigenvalue weighted by Crippen LogP contribution is 2.26. The molecule has 6 nitrogen and oxygen atoms in total. The van der Waals surface area contributed by atoms with Crippen molar-refractivity contribution in [2.45, 2.75) is 13.1 Å². The zero-order valence-electron chi connectivity index (χ0n) is 18.4. The van der Waals surface area contributed by atoms with Gasteiger partial charge in [-0.25, -0.2) is 0 Å². The fraction of sp³-hybridized carbons (Fsp3) is 0.154. The number of para-hydroxylation sites is 3. The van der Waals surface area contributed by atoms with Gasteiger partial charge in [0, 0.05) is 29.2 Å². The smallest absolute Gasteiger partial charge is 0.187 e. The standard InChI is InChI=1S/C26H26N4O2S/c1-31-24-13-7-8-14-25(24)32-16-15-30-19-21(22-11-5-6-12-23(22)30)18-28-29-26(33)27-17-20-9-3-2-4-10-20/h2-14,18-19H,15-17H2,1H3,(H2,27,29,33)/b28-18+. The average molecular weight is 459 g/mol. The van der Waals surface area contributed by atoms with Crippen molar-refractivity contribution in [3.05, 3.63) is 96.2 Å². The van der Waals surface area contributed by atoms with Gasteiger partial charge in [-0.15, -0.1) is 0 Å². The highest BCUT2D eigenvalue weighted by atomic mass is 32.1. The third-order valence-corrected chi connectivity index (χ3v) is 5.38. The van der Waals surface area contributed by atoms with Gasteiger partial charge in [0.15, 0.2) is 16.6 Å². The van der Waals surface area contributed by atoms with Crippen LogP contribution in [0.1, 0.15) is 11.1 Å². The van der Waals surface area contributed by atoms with Crippen molar-refractivity contribution in [1.82, 2.24) is 15.3 Å². The van der Waals surface area contributed by atoms with E-state index < -0.39 is 0 Å². The van der Waals surface area contributed by atoms with Crippen molar-refractivity contribution in [3.8, 4) is 11.5 Å². The molecule has 0 unspecified atom stereocenters. The van der Waals surface area contributed by atoms with Gasteiger partial charge in [0.2, 0.25) is 0 Å². The van der Waals surface area contributed by atoms with Crippen LogP contribution in [-0.2, 0) is 13.1 Å². The molecule has 0 saturated heterocycles. The van der Waals surface area contributed by atoms with E-state index in [4.69, 9.17) is 21.7 Å². The van der Waals surface area contributed by atoms with Crippen LogP contribution >= 0.6 is 12.2 Å². The molecule has 0 spiro atoms. The molecule has 0 radical (unpaired) electrons. The Kier molecular flexibility index (Phi) is 7.56. The van der Waals surface area contributed by atoms with Crippen LogP contribution in [0.3, 0.4) is 0 Å². The summed E-state index contributed by atoms with van der Waals surface area (Å²) in [5, 5.41) is 9.07. The molecule has 0 bridgehead atoms. The molecule has 4 aromatic rings. The molecule has 4 rings (SSSR count). The summed E-state index contributed by atoms with van der Waals surface area (Å²) >= 11 is 5.33. The number of hydrogen-bond acceptors (Lipinski definition) is 4. The van der Waals surface area contributed by atoms with Crippen LogP contribution in [0.25, 0.3) is 10.9 Å². The van der Waals surface area contributed by atoms with Gasteiger partial charge in [0.05, 0.1) is 19.9 Å². The van der Waals surface area contributed by atoms with Gasteiger partial charge >= 0.3 is 0 Å². The van der Waals surface area contributed by atoms with E-state index in [9.17, 15) is 0 Å². The number of hydrazone groups is 1. The van der Waals surface area contributed by atoms with Gasteiger partial charge < -0.3 is 19.4 Å². The summed E-state index contributed by atoms with van der Waals surface area (Å²) < 4.78 is 13.5. The normalized spacial score (nSPS) is 10.9. The molecular formula is C26H26N4O2S. The Balaban J connectivity index is 1.37. The first-order valence-electron chi connectivity index (χ1n) is 10.7. The number of rotatable bonds is 9. The first-order valence-corrected chi connectivity index (χ1v) is 11.1. The Hall–Kier alpha value is -3.84. The topological polar surface area (TPSA) is 59.8 Å². The lowest BCUT2D eigenvalue weighted by Crippen LogP contribution is -2.31. The van der Waals surface area contributed by atoms with Crippen molar-refractivity contribution in [2.75, 3.05) is 13.7 Å². The number of nitrogens with one attached hydrogen (secondary N) is 2. The Morgan fingerprint density at radius 3 is 2.52 bits per heavy atom. The fourth-order valence-electron chi connectivity index (χ4n) is 3.53. The summed E-state index contributed by atoms with van der Waals surface area (Å²) in [6, 6.07) is 26.0. The van der Waals surface area contributed by atoms with Crippen LogP contribution in [0.15, 0.2) is 90.2 Å². The molecule has 1 aromatic heterocycles. The average Bonchev–Trinajstić information content (AvgIpc) is 3.21. The molecule has 7 heteroatoms. The minimum atomic E-state index is 0.476. The summed E-state index contributed by atoms with van der Waals surface area (Å²) in [6.45, 7) is 1.85. The van der Waals surface area contributed by atoms with E-state index in [1.54, 1.807) is 13.3 Å².